The van der Waals surface area contributed by atoms with Gasteiger partial charge in [0.05, 0.1) is 24.4 Å². The molecule has 1 aromatic heterocycles. The topological polar surface area (TPSA) is 27.1 Å². The summed E-state index contributed by atoms with van der Waals surface area (Å²) in [6, 6.07) is 6.44. The van der Waals surface area contributed by atoms with E-state index < -0.39 is 5.82 Å². The van der Waals surface area contributed by atoms with Crippen LogP contribution in [0.5, 0.6) is 5.75 Å². The number of aromatic nitrogens is 2. The molecule has 3 nitrogen and oxygen atoms in total. The molecule has 0 saturated carbocycles. The summed E-state index contributed by atoms with van der Waals surface area (Å²) >= 11 is 5.64. The maximum atomic E-state index is 13.4. The lowest BCUT2D eigenvalue weighted by molar-refractivity contribution is 0.386. The molecule has 0 aliphatic carbocycles. The number of hydrogen-bond donors (Lipinski definition) is 0. The van der Waals surface area contributed by atoms with Crippen molar-refractivity contribution in [3.63, 3.8) is 0 Å². The van der Waals surface area contributed by atoms with E-state index in [9.17, 15) is 4.39 Å². The summed E-state index contributed by atoms with van der Waals surface area (Å²) in [5.41, 5.74) is 1.38. The molecule has 0 spiro atoms. The van der Waals surface area contributed by atoms with Crippen LogP contribution in [0.2, 0.25) is 0 Å². The Labute approximate surface area is 97.4 Å². The van der Waals surface area contributed by atoms with Crippen molar-refractivity contribution in [3.8, 4) is 11.4 Å². The fraction of sp³-hybridized carbons (Fsp3) is 0.182. The summed E-state index contributed by atoms with van der Waals surface area (Å²) < 4.78 is 19.8. The van der Waals surface area contributed by atoms with E-state index in [0.29, 0.717) is 11.6 Å². The predicted octanol–water partition coefficient (Wildman–Crippen LogP) is 2.76. The van der Waals surface area contributed by atoms with E-state index in [0.717, 1.165) is 5.69 Å². The lowest BCUT2D eigenvalue weighted by atomic mass is 10.3. The zero-order chi connectivity index (χ0) is 11.5. The van der Waals surface area contributed by atoms with Gasteiger partial charge in [-0.2, -0.15) is 5.10 Å². The lowest BCUT2D eigenvalue weighted by Crippen LogP contribution is -1.97. The monoisotopic (exact) mass is 240 g/mol. The highest BCUT2D eigenvalue weighted by Gasteiger charge is 2.05. The molecule has 0 aliphatic heterocycles. The van der Waals surface area contributed by atoms with E-state index in [1.54, 1.807) is 29.1 Å². The van der Waals surface area contributed by atoms with Gasteiger partial charge in [0.25, 0.3) is 0 Å². The molecule has 0 amide bonds. The van der Waals surface area contributed by atoms with Gasteiger partial charge in [0.15, 0.2) is 11.6 Å². The Bertz CT molecular complexity index is 498. The summed E-state index contributed by atoms with van der Waals surface area (Å²) in [4.78, 5) is 0. The van der Waals surface area contributed by atoms with Crippen LogP contribution < -0.4 is 4.74 Å². The fourth-order valence-electron chi connectivity index (χ4n) is 1.37. The third kappa shape index (κ3) is 2.02. The summed E-state index contributed by atoms with van der Waals surface area (Å²) in [5, 5.41) is 4.17. The fourth-order valence-corrected chi connectivity index (χ4v) is 1.52. The maximum Gasteiger partial charge on any atom is 0.167 e. The minimum absolute atomic E-state index is 0.216. The Morgan fingerprint density at radius 2 is 2.25 bits per heavy atom. The van der Waals surface area contributed by atoms with Crippen LogP contribution in [0.4, 0.5) is 4.39 Å². The summed E-state index contributed by atoms with van der Waals surface area (Å²) in [6.45, 7) is 0. The molecule has 0 saturated heterocycles. The molecular weight excluding hydrogens is 231 g/mol. The van der Waals surface area contributed by atoms with E-state index in [-0.39, 0.29) is 5.75 Å². The summed E-state index contributed by atoms with van der Waals surface area (Å²) in [5.74, 6) is 0.141. The molecule has 84 valence electrons. The number of hydrogen-bond acceptors (Lipinski definition) is 2. The maximum absolute atomic E-state index is 13.4. The van der Waals surface area contributed by atoms with Gasteiger partial charge in [-0.3, -0.25) is 0 Å². The van der Waals surface area contributed by atoms with Crippen LogP contribution in [0.15, 0.2) is 30.5 Å². The third-order valence-electron chi connectivity index (χ3n) is 2.18. The molecule has 0 aliphatic rings. The Morgan fingerprint density at radius 1 is 1.44 bits per heavy atom. The molecule has 5 heteroatoms. The van der Waals surface area contributed by atoms with Gasteiger partial charge in [-0.15, -0.1) is 11.6 Å². The zero-order valence-corrected chi connectivity index (χ0v) is 9.41. The molecular formula is C11H10ClFN2O. The van der Waals surface area contributed by atoms with Crippen molar-refractivity contribution in [2.24, 2.45) is 0 Å². The third-order valence-corrected chi connectivity index (χ3v) is 2.45. The Hall–Kier alpha value is -1.55. The van der Waals surface area contributed by atoms with Crippen LogP contribution in [-0.4, -0.2) is 16.9 Å². The van der Waals surface area contributed by atoms with Crippen molar-refractivity contribution in [1.29, 1.82) is 0 Å². The average Bonchev–Trinajstić information content (AvgIpc) is 2.77. The van der Waals surface area contributed by atoms with Crippen LogP contribution in [0, 0.1) is 5.82 Å². The lowest BCUT2D eigenvalue weighted by Gasteiger charge is -2.04. The number of benzene rings is 1. The van der Waals surface area contributed by atoms with Crippen molar-refractivity contribution in [2.75, 3.05) is 7.11 Å². The minimum Gasteiger partial charge on any atom is -0.494 e. The molecule has 2 aromatic rings. The second-order valence-corrected chi connectivity index (χ2v) is 3.47. The highest BCUT2D eigenvalue weighted by molar-refractivity contribution is 6.16. The van der Waals surface area contributed by atoms with Crippen molar-refractivity contribution in [2.45, 2.75) is 5.88 Å². The standard InChI is InChI=1S/C11H10ClFN2O/c1-16-11-3-2-9(6-10(11)13)15-5-4-8(7-12)14-15/h2-6H,7H2,1H3. The van der Waals surface area contributed by atoms with Gasteiger partial charge in [0.2, 0.25) is 0 Å². The van der Waals surface area contributed by atoms with Crippen molar-refractivity contribution in [1.82, 2.24) is 9.78 Å². The average molecular weight is 241 g/mol. The molecule has 1 heterocycles. The van der Waals surface area contributed by atoms with Crippen LogP contribution in [0.1, 0.15) is 5.69 Å². The molecule has 16 heavy (non-hydrogen) atoms. The van der Waals surface area contributed by atoms with Gasteiger partial charge in [-0.25, -0.2) is 9.07 Å². The van der Waals surface area contributed by atoms with Gasteiger partial charge in [0.1, 0.15) is 0 Å². The zero-order valence-electron chi connectivity index (χ0n) is 8.65. The highest BCUT2D eigenvalue weighted by Crippen LogP contribution is 2.19. The first-order chi connectivity index (χ1) is 7.74. The number of methoxy groups -OCH3 is 1. The smallest absolute Gasteiger partial charge is 0.167 e. The normalized spacial score (nSPS) is 10.4. The molecule has 1 aromatic carbocycles. The van der Waals surface area contributed by atoms with Crippen LogP contribution >= 0.6 is 11.6 Å². The first-order valence-electron chi connectivity index (χ1n) is 4.69. The first kappa shape index (κ1) is 11.0. The molecule has 0 N–H and O–H groups in total. The second kappa shape index (κ2) is 4.53. The number of ether oxygens (including phenoxy) is 1. The van der Waals surface area contributed by atoms with Gasteiger partial charge in [-0.05, 0) is 18.2 Å². The molecule has 0 bridgehead atoms. The number of halogens is 2. The minimum atomic E-state index is -0.414. The van der Waals surface area contributed by atoms with Crippen molar-refractivity contribution in [3.05, 3.63) is 42.0 Å². The molecule has 0 fully saturated rings. The molecule has 0 radical (unpaired) electrons. The summed E-state index contributed by atoms with van der Waals surface area (Å²) in [6.07, 6.45) is 1.74. The van der Waals surface area contributed by atoms with Crippen LogP contribution in [0.25, 0.3) is 5.69 Å². The van der Waals surface area contributed by atoms with E-state index in [1.165, 1.54) is 13.2 Å². The van der Waals surface area contributed by atoms with Gasteiger partial charge < -0.3 is 4.74 Å². The number of rotatable bonds is 3. The van der Waals surface area contributed by atoms with Crippen LogP contribution in [-0.2, 0) is 5.88 Å². The first-order valence-corrected chi connectivity index (χ1v) is 5.22. The van der Waals surface area contributed by atoms with E-state index >= 15 is 0 Å². The predicted molar refractivity (Wildman–Crippen MR) is 59.6 cm³/mol. The van der Waals surface area contributed by atoms with Crippen molar-refractivity contribution >= 4 is 11.6 Å². The van der Waals surface area contributed by atoms with Gasteiger partial charge in [0, 0.05) is 12.3 Å². The molecule has 0 atom stereocenters. The Balaban J connectivity index is 2.37. The number of alkyl halides is 1. The van der Waals surface area contributed by atoms with Crippen molar-refractivity contribution < 1.29 is 9.13 Å². The van der Waals surface area contributed by atoms with E-state index in [4.69, 9.17) is 16.3 Å². The van der Waals surface area contributed by atoms with E-state index in [1.807, 2.05) is 0 Å². The molecule has 2 rings (SSSR count). The highest BCUT2D eigenvalue weighted by atomic mass is 35.5. The van der Waals surface area contributed by atoms with Crippen LogP contribution in [0.3, 0.4) is 0 Å². The van der Waals surface area contributed by atoms with Gasteiger partial charge >= 0.3 is 0 Å². The van der Waals surface area contributed by atoms with Gasteiger partial charge in [-0.1, -0.05) is 0 Å². The Kier molecular flexibility index (Phi) is 3.10. The van der Waals surface area contributed by atoms with E-state index in [2.05, 4.69) is 5.10 Å². The summed E-state index contributed by atoms with van der Waals surface area (Å²) in [7, 11) is 1.43. The SMILES string of the molecule is COc1ccc(-n2ccc(CCl)n2)cc1F. The number of nitrogens with zero attached hydrogens (tertiary/aromatic N) is 2. The quantitative estimate of drug-likeness (QED) is 0.772. The second-order valence-electron chi connectivity index (χ2n) is 3.20. The Morgan fingerprint density at radius 3 is 2.81 bits per heavy atom. The largest absolute Gasteiger partial charge is 0.494 e. The molecule has 0 unspecified atom stereocenters.